The molecule has 0 saturated carbocycles. The molecule has 1 amide bonds. The van der Waals surface area contributed by atoms with Gasteiger partial charge in [0, 0.05) is 0 Å². The first-order valence-electron chi connectivity index (χ1n) is 12.2. The maximum absolute atomic E-state index is 13.6. The predicted molar refractivity (Wildman–Crippen MR) is 145 cm³/mol. The highest BCUT2D eigenvalue weighted by Crippen LogP contribution is 2.27. The van der Waals surface area contributed by atoms with Crippen LogP contribution in [0.4, 0.5) is 5.69 Å². The second-order valence-electron chi connectivity index (χ2n) is 9.59. The third-order valence-corrected chi connectivity index (χ3v) is 7.81. The summed E-state index contributed by atoms with van der Waals surface area (Å²) in [4.78, 5) is 13.5. The maximum atomic E-state index is 13.6. The van der Waals surface area contributed by atoms with E-state index in [0.29, 0.717) is 23.9 Å². The normalized spacial score (nSPS) is 12.4. The number of carbonyl (C=O) groups excluding carboxylic acids is 1. The first-order chi connectivity index (χ1) is 17.1. The van der Waals surface area contributed by atoms with Crippen molar-refractivity contribution in [1.82, 2.24) is 5.32 Å². The summed E-state index contributed by atoms with van der Waals surface area (Å²) in [6.45, 7) is 8.00. The lowest BCUT2D eigenvalue weighted by Crippen LogP contribution is -2.42. The molecule has 3 aromatic carbocycles. The Balaban J connectivity index is 1.91. The molecule has 1 N–H and O–H groups in total. The molecular weight excluding hydrogens is 472 g/mol. The Labute approximate surface area is 215 Å². The molecule has 1 atom stereocenters. The zero-order valence-electron chi connectivity index (χ0n) is 21.6. The number of carbonyl (C=O) groups is 1. The largest absolute Gasteiger partial charge is 0.497 e. The van der Waals surface area contributed by atoms with Crippen LogP contribution in [0.3, 0.4) is 0 Å². The Morgan fingerprint density at radius 1 is 0.861 bits per heavy atom. The van der Waals surface area contributed by atoms with E-state index in [2.05, 4.69) is 33.0 Å². The zero-order valence-corrected chi connectivity index (χ0v) is 22.5. The molecule has 0 heterocycles. The Morgan fingerprint density at radius 3 is 1.97 bits per heavy atom. The van der Waals surface area contributed by atoms with E-state index in [1.54, 1.807) is 49.6 Å². The van der Waals surface area contributed by atoms with Crippen LogP contribution in [-0.4, -0.2) is 28.0 Å². The molecule has 6 nitrogen and oxygen atoms in total. The van der Waals surface area contributed by atoms with Gasteiger partial charge in [-0.2, -0.15) is 0 Å². The van der Waals surface area contributed by atoms with Crippen molar-refractivity contribution >= 4 is 21.6 Å². The minimum Gasteiger partial charge on any atom is -0.497 e. The molecule has 3 rings (SSSR count). The van der Waals surface area contributed by atoms with Crippen LogP contribution in [0.2, 0.25) is 0 Å². The number of nitrogens with zero attached hydrogens (tertiary/aromatic N) is 1. The molecule has 0 radical (unpaired) electrons. The van der Waals surface area contributed by atoms with Crippen LogP contribution in [0.5, 0.6) is 5.75 Å². The van der Waals surface area contributed by atoms with Crippen LogP contribution in [-0.2, 0) is 14.8 Å². The fourth-order valence-electron chi connectivity index (χ4n) is 4.02. The van der Waals surface area contributed by atoms with E-state index >= 15 is 0 Å². The SMILES string of the molecule is COc1ccc([C@@H](CC(C)C)NC(=O)CN(c2ccc(C(C)C)cc2)S(=O)(=O)c2ccccc2)cc1. The molecule has 0 aliphatic carbocycles. The van der Waals surface area contributed by atoms with Crippen molar-refractivity contribution < 1.29 is 17.9 Å². The number of anilines is 1. The first-order valence-corrected chi connectivity index (χ1v) is 13.7. The summed E-state index contributed by atoms with van der Waals surface area (Å²) in [7, 11) is -2.35. The lowest BCUT2D eigenvalue weighted by molar-refractivity contribution is -0.120. The van der Waals surface area contributed by atoms with Gasteiger partial charge in [0.2, 0.25) is 5.91 Å². The number of amides is 1. The summed E-state index contributed by atoms with van der Waals surface area (Å²) in [5.41, 5.74) is 2.48. The summed E-state index contributed by atoms with van der Waals surface area (Å²) in [5, 5.41) is 3.07. The van der Waals surface area contributed by atoms with E-state index in [-0.39, 0.29) is 23.4 Å². The van der Waals surface area contributed by atoms with Gasteiger partial charge in [0.15, 0.2) is 0 Å². The van der Waals surface area contributed by atoms with Gasteiger partial charge in [-0.05, 0) is 65.8 Å². The van der Waals surface area contributed by atoms with Gasteiger partial charge in [-0.15, -0.1) is 0 Å². The molecule has 0 aromatic heterocycles. The lowest BCUT2D eigenvalue weighted by atomic mass is 9.97. The number of benzene rings is 3. The smallest absolute Gasteiger partial charge is 0.264 e. The predicted octanol–water partition coefficient (Wildman–Crippen LogP) is 5.92. The van der Waals surface area contributed by atoms with Gasteiger partial charge in [0.1, 0.15) is 12.3 Å². The summed E-state index contributed by atoms with van der Waals surface area (Å²) in [6.07, 6.45) is 0.715. The molecule has 0 aliphatic rings. The van der Waals surface area contributed by atoms with Gasteiger partial charge in [-0.25, -0.2) is 8.42 Å². The van der Waals surface area contributed by atoms with Crippen LogP contribution >= 0.6 is 0 Å². The van der Waals surface area contributed by atoms with Gasteiger partial charge < -0.3 is 10.1 Å². The zero-order chi connectivity index (χ0) is 26.3. The molecule has 0 aliphatic heterocycles. The van der Waals surface area contributed by atoms with Crippen molar-refractivity contribution in [2.24, 2.45) is 5.92 Å². The number of hydrogen-bond donors (Lipinski definition) is 1. The molecule has 36 heavy (non-hydrogen) atoms. The summed E-state index contributed by atoms with van der Waals surface area (Å²) in [6, 6.07) is 22.9. The van der Waals surface area contributed by atoms with Crippen LogP contribution in [0.25, 0.3) is 0 Å². The average molecular weight is 509 g/mol. The van der Waals surface area contributed by atoms with Gasteiger partial charge >= 0.3 is 0 Å². The second kappa shape index (κ2) is 12.1. The van der Waals surface area contributed by atoms with Crippen molar-refractivity contribution in [3.8, 4) is 5.75 Å². The third kappa shape index (κ3) is 6.88. The molecule has 192 valence electrons. The molecule has 0 fully saturated rings. The van der Waals surface area contributed by atoms with E-state index in [0.717, 1.165) is 16.9 Å². The monoisotopic (exact) mass is 508 g/mol. The van der Waals surface area contributed by atoms with Crippen LogP contribution < -0.4 is 14.4 Å². The van der Waals surface area contributed by atoms with Gasteiger partial charge in [-0.3, -0.25) is 9.10 Å². The molecular formula is C29H36N2O4S. The fourth-order valence-corrected chi connectivity index (χ4v) is 5.46. The highest BCUT2D eigenvalue weighted by atomic mass is 32.2. The minimum atomic E-state index is -3.96. The summed E-state index contributed by atoms with van der Waals surface area (Å²) >= 11 is 0. The van der Waals surface area contributed by atoms with Crippen LogP contribution in [0.15, 0.2) is 83.8 Å². The number of ether oxygens (including phenoxy) is 1. The summed E-state index contributed by atoms with van der Waals surface area (Å²) < 4.78 is 33.7. The van der Waals surface area contributed by atoms with Gasteiger partial charge in [0.05, 0.1) is 23.7 Å². The van der Waals surface area contributed by atoms with E-state index in [9.17, 15) is 13.2 Å². The molecule has 0 saturated heterocycles. The van der Waals surface area contributed by atoms with E-state index in [1.165, 1.54) is 4.31 Å². The van der Waals surface area contributed by atoms with Crippen LogP contribution in [0, 0.1) is 5.92 Å². The fraction of sp³-hybridized carbons (Fsp3) is 0.345. The van der Waals surface area contributed by atoms with E-state index in [1.807, 2.05) is 36.4 Å². The summed E-state index contributed by atoms with van der Waals surface area (Å²) in [5.74, 6) is 0.996. The van der Waals surface area contributed by atoms with E-state index in [4.69, 9.17) is 4.74 Å². The van der Waals surface area contributed by atoms with E-state index < -0.39 is 10.0 Å². The lowest BCUT2D eigenvalue weighted by Gasteiger charge is -2.27. The third-order valence-electron chi connectivity index (χ3n) is 6.03. The number of nitrogens with one attached hydrogen (secondary N) is 1. The number of methoxy groups -OCH3 is 1. The van der Waals surface area contributed by atoms with Gasteiger partial charge in [0.25, 0.3) is 10.0 Å². The quantitative estimate of drug-likeness (QED) is 0.349. The molecule has 0 bridgehead atoms. The van der Waals surface area contributed by atoms with Gasteiger partial charge in [-0.1, -0.05) is 70.2 Å². The standard InChI is InChI=1S/C29H36N2O4S/c1-21(2)19-28(24-13-17-26(35-5)18-14-24)30-29(32)20-31(25-15-11-23(12-16-25)22(3)4)36(33,34)27-9-7-6-8-10-27/h6-18,21-22,28H,19-20H2,1-5H3,(H,30,32)/t28-/m1/s1. The highest BCUT2D eigenvalue weighted by Gasteiger charge is 2.28. The Hall–Kier alpha value is -3.32. The second-order valence-corrected chi connectivity index (χ2v) is 11.5. The minimum absolute atomic E-state index is 0.139. The first kappa shape index (κ1) is 27.3. The average Bonchev–Trinajstić information content (AvgIpc) is 2.87. The number of sulfonamides is 1. The Bertz CT molecular complexity index is 1220. The molecule has 7 heteroatoms. The topological polar surface area (TPSA) is 75.7 Å². The molecule has 0 spiro atoms. The Morgan fingerprint density at radius 2 is 1.44 bits per heavy atom. The van der Waals surface area contributed by atoms with Crippen molar-refractivity contribution in [3.63, 3.8) is 0 Å². The number of rotatable bonds is 11. The number of hydrogen-bond acceptors (Lipinski definition) is 4. The Kier molecular flexibility index (Phi) is 9.15. The van der Waals surface area contributed by atoms with Crippen LogP contribution in [0.1, 0.15) is 57.2 Å². The highest BCUT2D eigenvalue weighted by molar-refractivity contribution is 7.92. The van der Waals surface area contributed by atoms with Crippen molar-refractivity contribution in [3.05, 3.63) is 90.0 Å². The van der Waals surface area contributed by atoms with Crippen molar-refractivity contribution in [1.29, 1.82) is 0 Å². The van der Waals surface area contributed by atoms with Crippen molar-refractivity contribution in [2.75, 3.05) is 18.0 Å². The molecule has 3 aromatic rings. The van der Waals surface area contributed by atoms with Crippen molar-refractivity contribution in [2.45, 2.75) is 51.0 Å². The molecule has 0 unspecified atom stereocenters. The maximum Gasteiger partial charge on any atom is 0.264 e.